The number of rotatable bonds is 3. The molecule has 2 rings (SSSR count). The molecule has 0 radical (unpaired) electrons. The van der Waals surface area contributed by atoms with Crippen LogP contribution in [-0.4, -0.2) is 49.4 Å². The van der Waals surface area contributed by atoms with Crippen molar-refractivity contribution in [3.63, 3.8) is 0 Å². The van der Waals surface area contributed by atoms with Gasteiger partial charge >= 0.3 is 0 Å². The second-order valence-corrected chi connectivity index (χ2v) is 5.01. The van der Waals surface area contributed by atoms with Gasteiger partial charge in [-0.2, -0.15) is 0 Å². The molecule has 1 aromatic rings. The summed E-state index contributed by atoms with van der Waals surface area (Å²) in [7, 11) is 4.07. The first-order valence-corrected chi connectivity index (χ1v) is 6.11. The molecule has 0 atom stereocenters. The molecular formula is C14H20N2O. The van der Waals surface area contributed by atoms with Crippen molar-refractivity contribution in [1.29, 1.82) is 0 Å². The second kappa shape index (κ2) is 4.88. The van der Waals surface area contributed by atoms with Crippen molar-refractivity contribution in [1.82, 2.24) is 9.80 Å². The highest BCUT2D eigenvalue weighted by molar-refractivity contribution is 5.96. The predicted octanol–water partition coefficient (Wildman–Crippen LogP) is 1.55. The molecule has 1 aromatic carbocycles. The predicted molar refractivity (Wildman–Crippen MR) is 69.3 cm³/mol. The van der Waals surface area contributed by atoms with E-state index in [9.17, 15) is 4.79 Å². The Labute approximate surface area is 103 Å². The average Bonchev–Trinajstić information content (AvgIpc) is 2.27. The van der Waals surface area contributed by atoms with Crippen LogP contribution < -0.4 is 0 Å². The van der Waals surface area contributed by atoms with Crippen molar-refractivity contribution in [2.45, 2.75) is 13.3 Å². The summed E-state index contributed by atoms with van der Waals surface area (Å²) in [5, 5.41) is 0. The summed E-state index contributed by atoms with van der Waals surface area (Å²) in [5.41, 5.74) is 3.33. The average molecular weight is 232 g/mol. The Balaban J connectivity index is 2.13. The number of carbonyl (C=O) groups excluding carboxylic acids is 1. The first-order valence-electron chi connectivity index (χ1n) is 6.11. The van der Waals surface area contributed by atoms with Crippen LogP contribution in [-0.2, 0) is 6.42 Å². The fraction of sp³-hybridized carbons (Fsp3) is 0.500. The summed E-state index contributed by atoms with van der Waals surface area (Å²) in [6.07, 6.45) is 0.982. The first-order chi connectivity index (χ1) is 8.08. The molecule has 1 aliphatic rings. The molecular weight excluding hydrogens is 212 g/mol. The molecule has 0 fully saturated rings. The maximum Gasteiger partial charge on any atom is 0.254 e. The Morgan fingerprint density at radius 2 is 2.12 bits per heavy atom. The Bertz CT molecular complexity index is 426. The number of benzene rings is 1. The molecule has 92 valence electrons. The zero-order chi connectivity index (χ0) is 12.4. The molecule has 3 nitrogen and oxygen atoms in total. The van der Waals surface area contributed by atoms with Crippen LogP contribution >= 0.6 is 0 Å². The zero-order valence-electron chi connectivity index (χ0n) is 10.9. The Hall–Kier alpha value is -1.35. The van der Waals surface area contributed by atoms with E-state index in [-0.39, 0.29) is 5.91 Å². The second-order valence-electron chi connectivity index (χ2n) is 5.01. The summed E-state index contributed by atoms with van der Waals surface area (Å²) in [5.74, 6) is 0.188. The van der Waals surface area contributed by atoms with E-state index >= 15 is 0 Å². The van der Waals surface area contributed by atoms with Crippen LogP contribution in [0.3, 0.4) is 0 Å². The van der Waals surface area contributed by atoms with Gasteiger partial charge in [-0.25, -0.2) is 0 Å². The Morgan fingerprint density at radius 3 is 2.82 bits per heavy atom. The molecule has 1 heterocycles. The standard InChI is InChI=1S/C14H20N2O/c1-11-4-5-13-12(10-11)6-7-16(14(13)17)9-8-15(2)3/h4-5,10H,6-9H2,1-3H3. The monoisotopic (exact) mass is 232 g/mol. The van der Waals surface area contributed by atoms with Gasteiger partial charge in [-0.3, -0.25) is 4.79 Å². The van der Waals surface area contributed by atoms with Crippen LogP contribution in [0, 0.1) is 6.92 Å². The van der Waals surface area contributed by atoms with Crippen molar-refractivity contribution in [3.05, 3.63) is 34.9 Å². The fourth-order valence-corrected chi connectivity index (χ4v) is 2.20. The highest BCUT2D eigenvalue weighted by atomic mass is 16.2. The van der Waals surface area contributed by atoms with Crippen molar-refractivity contribution in [2.75, 3.05) is 33.7 Å². The van der Waals surface area contributed by atoms with Gasteiger partial charge in [0.25, 0.3) is 5.91 Å². The molecule has 0 unspecified atom stereocenters. The summed E-state index contributed by atoms with van der Waals surface area (Å²) >= 11 is 0. The number of fused-ring (bicyclic) bond motifs is 1. The van der Waals surface area contributed by atoms with E-state index in [2.05, 4.69) is 17.9 Å². The number of likely N-dealkylation sites (N-methyl/N-ethyl adjacent to an activating group) is 1. The van der Waals surface area contributed by atoms with Gasteiger partial charge in [0.05, 0.1) is 0 Å². The van der Waals surface area contributed by atoms with Gasteiger partial charge in [0, 0.05) is 25.2 Å². The molecule has 1 aliphatic heterocycles. The maximum absolute atomic E-state index is 12.2. The lowest BCUT2D eigenvalue weighted by atomic mass is 9.97. The molecule has 17 heavy (non-hydrogen) atoms. The van der Waals surface area contributed by atoms with Crippen LogP contribution in [0.5, 0.6) is 0 Å². The van der Waals surface area contributed by atoms with E-state index in [0.717, 1.165) is 31.6 Å². The quantitative estimate of drug-likeness (QED) is 0.789. The van der Waals surface area contributed by atoms with Gasteiger partial charge < -0.3 is 9.80 Å². The Kier molecular flexibility index (Phi) is 3.48. The molecule has 0 saturated heterocycles. The molecule has 0 aromatic heterocycles. The third-order valence-corrected chi connectivity index (χ3v) is 3.25. The number of hydrogen-bond acceptors (Lipinski definition) is 2. The van der Waals surface area contributed by atoms with Crippen molar-refractivity contribution in [2.24, 2.45) is 0 Å². The van der Waals surface area contributed by atoms with E-state index in [0.29, 0.717) is 0 Å². The number of carbonyl (C=O) groups is 1. The molecule has 0 saturated carbocycles. The summed E-state index contributed by atoms with van der Waals surface area (Å²) in [6.45, 7) is 4.67. The highest BCUT2D eigenvalue weighted by Crippen LogP contribution is 2.19. The van der Waals surface area contributed by atoms with Gasteiger partial charge in [0.2, 0.25) is 0 Å². The van der Waals surface area contributed by atoms with Crippen molar-refractivity contribution < 1.29 is 4.79 Å². The molecule has 0 spiro atoms. The fourth-order valence-electron chi connectivity index (χ4n) is 2.20. The van der Waals surface area contributed by atoms with E-state index in [1.807, 2.05) is 31.1 Å². The first kappa shape index (κ1) is 12.1. The van der Waals surface area contributed by atoms with Crippen LogP contribution in [0.25, 0.3) is 0 Å². The van der Waals surface area contributed by atoms with Gasteiger partial charge in [0.1, 0.15) is 0 Å². The minimum atomic E-state index is 0.188. The van der Waals surface area contributed by atoms with Crippen LogP contribution in [0.15, 0.2) is 18.2 Å². The smallest absolute Gasteiger partial charge is 0.254 e. The summed E-state index contributed by atoms with van der Waals surface area (Å²) in [6, 6.07) is 6.12. The van der Waals surface area contributed by atoms with Crippen LogP contribution in [0.4, 0.5) is 0 Å². The lowest BCUT2D eigenvalue weighted by molar-refractivity contribution is 0.0729. The topological polar surface area (TPSA) is 23.6 Å². The zero-order valence-corrected chi connectivity index (χ0v) is 10.9. The van der Waals surface area contributed by atoms with Crippen molar-refractivity contribution in [3.8, 4) is 0 Å². The number of hydrogen-bond donors (Lipinski definition) is 0. The third kappa shape index (κ3) is 2.67. The number of aryl methyl sites for hydroxylation is 1. The molecule has 1 amide bonds. The molecule has 0 aliphatic carbocycles. The van der Waals surface area contributed by atoms with E-state index in [1.165, 1.54) is 11.1 Å². The Morgan fingerprint density at radius 1 is 1.35 bits per heavy atom. The van der Waals surface area contributed by atoms with Crippen LogP contribution in [0.2, 0.25) is 0 Å². The van der Waals surface area contributed by atoms with Gasteiger partial charge in [0.15, 0.2) is 0 Å². The van der Waals surface area contributed by atoms with Crippen LogP contribution in [0.1, 0.15) is 21.5 Å². The molecule has 0 bridgehead atoms. The summed E-state index contributed by atoms with van der Waals surface area (Å²) in [4.78, 5) is 16.3. The largest absolute Gasteiger partial charge is 0.337 e. The molecule has 0 N–H and O–H groups in total. The van der Waals surface area contributed by atoms with Gasteiger partial charge in [-0.15, -0.1) is 0 Å². The summed E-state index contributed by atoms with van der Waals surface area (Å²) < 4.78 is 0. The van der Waals surface area contributed by atoms with Gasteiger partial charge in [-0.1, -0.05) is 17.7 Å². The number of amides is 1. The van der Waals surface area contributed by atoms with E-state index < -0.39 is 0 Å². The minimum Gasteiger partial charge on any atom is -0.337 e. The SMILES string of the molecule is Cc1ccc2c(c1)CCN(CCN(C)C)C2=O. The normalized spacial score (nSPS) is 15.3. The van der Waals surface area contributed by atoms with E-state index in [4.69, 9.17) is 0 Å². The lowest BCUT2D eigenvalue weighted by Crippen LogP contribution is -2.41. The number of nitrogens with zero attached hydrogens (tertiary/aromatic N) is 2. The van der Waals surface area contributed by atoms with Gasteiger partial charge in [-0.05, 0) is 39.1 Å². The van der Waals surface area contributed by atoms with E-state index in [1.54, 1.807) is 0 Å². The third-order valence-electron chi connectivity index (χ3n) is 3.25. The minimum absolute atomic E-state index is 0.188. The molecule has 3 heteroatoms. The maximum atomic E-state index is 12.2. The highest BCUT2D eigenvalue weighted by Gasteiger charge is 2.23. The van der Waals surface area contributed by atoms with Crippen molar-refractivity contribution >= 4 is 5.91 Å². The lowest BCUT2D eigenvalue weighted by Gasteiger charge is -2.29.